The van der Waals surface area contributed by atoms with E-state index in [0.717, 1.165) is 16.7 Å². The van der Waals surface area contributed by atoms with Crippen LogP contribution in [-0.2, 0) is 19.7 Å². The predicted octanol–water partition coefficient (Wildman–Crippen LogP) is 4.40. The number of hydrogen-bond acceptors (Lipinski definition) is 4. The Hall–Kier alpha value is -3.93. The van der Waals surface area contributed by atoms with Crippen molar-refractivity contribution in [3.05, 3.63) is 107 Å². The van der Waals surface area contributed by atoms with E-state index >= 15 is 0 Å². The molecule has 0 radical (unpaired) electrons. The van der Waals surface area contributed by atoms with Gasteiger partial charge in [-0.25, -0.2) is 0 Å². The minimum atomic E-state index is -0.939. The average molecular weight is 497 g/mol. The fourth-order valence-corrected chi connectivity index (χ4v) is 5.82. The van der Waals surface area contributed by atoms with E-state index in [1.54, 1.807) is 0 Å². The van der Waals surface area contributed by atoms with Crippen molar-refractivity contribution in [2.45, 2.75) is 31.1 Å². The molecule has 1 heterocycles. The molecule has 2 atom stereocenters. The third-order valence-corrected chi connectivity index (χ3v) is 7.69. The Morgan fingerprint density at radius 1 is 0.811 bits per heavy atom. The van der Waals surface area contributed by atoms with E-state index < -0.39 is 5.41 Å². The van der Waals surface area contributed by atoms with Crippen molar-refractivity contribution < 1.29 is 19.1 Å². The molecule has 5 rings (SSSR count). The number of carbonyl (C=O) groups excluding carboxylic acids is 3. The number of esters is 1. The van der Waals surface area contributed by atoms with Crippen LogP contribution < -0.4 is 0 Å². The Labute approximate surface area is 217 Å². The summed E-state index contributed by atoms with van der Waals surface area (Å²) >= 11 is 0. The Balaban J connectivity index is 1.39. The highest BCUT2D eigenvalue weighted by Gasteiger charge is 2.50. The lowest BCUT2D eigenvalue weighted by Gasteiger charge is -2.42. The zero-order chi connectivity index (χ0) is 25.8. The van der Waals surface area contributed by atoms with Gasteiger partial charge in [0.05, 0.1) is 12.5 Å². The number of ether oxygens (including phenoxy) is 1. The first-order valence-electron chi connectivity index (χ1n) is 13.0. The summed E-state index contributed by atoms with van der Waals surface area (Å²) in [5.41, 5.74) is 2.35. The predicted molar refractivity (Wildman–Crippen MR) is 141 cm³/mol. The van der Waals surface area contributed by atoms with E-state index in [0.29, 0.717) is 51.2 Å². The second kappa shape index (κ2) is 10.6. The molecule has 37 heavy (non-hydrogen) atoms. The molecule has 0 N–H and O–H groups in total. The van der Waals surface area contributed by atoms with Crippen LogP contribution in [0.2, 0.25) is 0 Å². The van der Waals surface area contributed by atoms with Gasteiger partial charge in [0.2, 0.25) is 5.91 Å². The van der Waals surface area contributed by atoms with E-state index in [2.05, 4.69) is 0 Å². The lowest BCUT2D eigenvalue weighted by Crippen LogP contribution is -2.52. The highest BCUT2D eigenvalue weighted by molar-refractivity contribution is 5.95. The molecule has 1 fully saturated rings. The molecule has 6 nitrogen and oxygen atoms in total. The van der Waals surface area contributed by atoms with E-state index in [9.17, 15) is 14.4 Å². The maximum absolute atomic E-state index is 13.8. The van der Waals surface area contributed by atoms with Gasteiger partial charge in [0.1, 0.15) is 5.41 Å². The topological polar surface area (TPSA) is 66.9 Å². The molecule has 0 spiro atoms. The van der Waals surface area contributed by atoms with Gasteiger partial charge in [-0.1, -0.05) is 72.8 Å². The van der Waals surface area contributed by atoms with Crippen LogP contribution in [0.15, 0.2) is 84.9 Å². The van der Waals surface area contributed by atoms with Crippen molar-refractivity contribution in [2.24, 2.45) is 0 Å². The summed E-state index contributed by atoms with van der Waals surface area (Å²) in [7, 11) is 0. The molecule has 1 saturated heterocycles. The van der Waals surface area contributed by atoms with Gasteiger partial charge in [-0.05, 0) is 48.6 Å². The first-order chi connectivity index (χ1) is 18.1. The number of hydrogen-bond donors (Lipinski definition) is 0. The first-order valence-corrected chi connectivity index (χ1v) is 13.0. The van der Waals surface area contributed by atoms with Crippen molar-refractivity contribution in [1.82, 2.24) is 9.80 Å². The average Bonchev–Trinajstić information content (AvgIpc) is 2.97. The molecule has 2 amide bonds. The summed E-state index contributed by atoms with van der Waals surface area (Å²) in [6.45, 7) is 4.12. The van der Waals surface area contributed by atoms with Crippen LogP contribution in [0.25, 0.3) is 0 Å². The quantitative estimate of drug-likeness (QED) is 0.491. The zero-order valence-corrected chi connectivity index (χ0v) is 21.1. The SMILES string of the molecule is CCOC(=O)[C@]1(c2ccccc2)CCC(C(=O)N2CCN(C(=O)c3ccccc3)CC2)c2ccccc21. The molecule has 0 aromatic heterocycles. The Bertz CT molecular complexity index is 1270. The molecular weight excluding hydrogens is 464 g/mol. The lowest BCUT2D eigenvalue weighted by molar-refractivity contribution is -0.149. The molecule has 3 aromatic carbocycles. The van der Waals surface area contributed by atoms with Gasteiger partial charge in [0, 0.05) is 31.7 Å². The van der Waals surface area contributed by atoms with Crippen LogP contribution in [-0.4, -0.2) is 60.4 Å². The monoisotopic (exact) mass is 496 g/mol. The van der Waals surface area contributed by atoms with Crippen LogP contribution in [0.5, 0.6) is 0 Å². The number of nitrogens with zero attached hydrogens (tertiary/aromatic N) is 2. The maximum Gasteiger partial charge on any atom is 0.321 e. The van der Waals surface area contributed by atoms with E-state index in [-0.39, 0.29) is 23.7 Å². The number of benzene rings is 3. The minimum absolute atomic E-state index is 0.00204. The maximum atomic E-state index is 13.8. The summed E-state index contributed by atoms with van der Waals surface area (Å²) in [6.07, 6.45) is 1.04. The summed E-state index contributed by atoms with van der Waals surface area (Å²) in [5.74, 6) is -0.547. The van der Waals surface area contributed by atoms with E-state index in [1.165, 1.54) is 0 Å². The fourth-order valence-electron chi connectivity index (χ4n) is 5.82. The van der Waals surface area contributed by atoms with Gasteiger partial charge in [0.25, 0.3) is 5.91 Å². The molecule has 1 aliphatic heterocycles. The lowest BCUT2D eigenvalue weighted by atomic mass is 9.63. The largest absolute Gasteiger partial charge is 0.465 e. The molecule has 2 aliphatic rings. The molecule has 6 heteroatoms. The molecule has 0 bridgehead atoms. The Morgan fingerprint density at radius 2 is 1.41 bits per heavy atom. The molecule has 3 aromatic rings. The van der Waals surface area contributed by atoms with E-state index in [4.69, 9.17) is 4.74 Å². The van der Waals surface area contributed by atoms with Crippen molar-refractivity contribution in [3.8, 4) is 0 Å². The van der Waals surface area contributed by atoms with Crippen LogP contribution in [0, 0.1) is 0 Å². The Kier molecular flexibility index (Phi) is 7.08. The molecular formula is C31H32N2O4. The normalized spacial score (nSPS) is 21.2. The van der Waals surface area contributed by atoms with Crippen molar-refractivity contribution >= 4 is 17.8 Å². The van der Waals surface area contributed by atoms with Crippen LogP contribution in [0.3, 0.4) is 0 Å². The third-order valence-electron chi connectivity index (χ3n) is 7.69. The Morgan fingerprint density at radius 3 is 2.08 bits per heavy atom. The van der Waals surface area contributed by atoms with Crippen molar-refractivity contribution in [1.29, 1.82) is 0 Å². The second-order valence-electron chi connectivity index (χ2n) is 9.65. The summed E-state index contributed by atoms with van der Waals surface area (Å²) in [5, 5.41) is 0. The third kappa shape index (κ3) is 4.52. The number of rotatable bonds is 5. The first kappa shape index (κ1) is 24.8. The number of fused-ring (bicyclic) bond motifs is 1. The van der Waals surface area contributed by atoms with E-state index in [1.807, 2.05) is 102 Å². The van der Waals surface area contributed by atoms with Gasteiger partial charge >= 0.3 is 5.97 Å². The van der Waals surface area contributed by atoms with Crippen LogP contribution >= 0.6 is 0 Å². The smallest absolute Gasteiger partial charge is 0.321 e. The highest BCUT2D eigenvalue weighted by Crippen LogP contribution is 2.48. The molecule has 190 valence electrons. The summed E-state index contributed by atoms with van der Waals surface area (Å²) < 4.78 is 5.61. The fraction of sp³-hybridized carbons (Fsp3) is 0.323. The minimum Gasteiger partial charge on any atom is -0.465 e. The van der Waals surface area contributed by atoms with Crippen molar-refractivity contribution in [2.75, 3.05) is 32.8 Å². The number of carbonyl (C=O) groups is 3. The van der Waals surface area contributed by atoms with Gasteiger partial charge < -0.3 is 14.5 Å². The summed E-state index contributed by atoms with van der Waals surface area (Å²) in [6, 6.07) is 26.8. The highest BCUT2D eigenvalue weighted by atomic mass is 16.5. The number of piperazine rings is 1. The molecule has 0 saturated carbocycles. The van der Waals surface area contributed by atoms with Crippen LogP contribution in [0.4, 0.5) is 0 Å². The van der Waals surface area contributed by atoms with Gasteiger partial charge in [0.15, 0.2) is 0 Å². The van der Waals surface area contributed by atoms with Gasteiger partial charge in [-0.2, -0.15) is 0 Å². The number of amides is 2. The van der Waals surface area contributed by atoms with Gasteiger partial charge in [-0.3, -0.25) is 14.4 Å². The summed E-state index contributed by atoms with van der Waals surface area (Å²) in [4.78, 5) is 43.9. The zero-order valence-electron chi connectivity index (χ0n) is 21.1. The second-order valence-corrected chi connectivity index (χ2v) is 9.65. The molecule has 1 unspecified atom stereocenters. The van der Waals surface area contributed by atoms with Crippen molar-refractivity contribution in [3.63, 3.8) is 0 Å². The molecule has 1 aliphatic carbocycles. The van der Waals surface area contributed by atoms with Gasteiger partial charge in [-0.15, -0.1) is 0 Å². The van der Waals surface area contributed by atoms with Crippen LogP contribution in [0.1, 0.15) is 52.7 Å². The standard InChI is InChI=1S/C31H32N2O4/c1-2-37-30(36)31(24-13-7-4-8-14-24)18-17-26(25-15-9-10-16-27(25)31)29(35)33-21-19-32(20-22-33)28(34)23-11-5-3-6-12-23/h3-16,26H,2,17-22H2,1H3/t26?,31-/m0/s1.